The van der Waals surface area contributed by atoms with Crippen LogP contribution in [0.3, 0.4) is 0 Å². The summed E-state index contributed by atoms with van der Waals surface area (Å²) in [5.74, 6) is 0.355. The van der Waals surface area contributed by atoms with Crippen molar-refractivity contribution in [1.29, 1.82) is 0 Å². The normalized spacial score (nSPS) is 10.4. The van der Waals surface area contributed by atoms with E-state index >= 15 is 0 Å². The van der Waals surface area contributed by atoms with Gasteiger partial charge in [-0.25, -0.2) is 4.98 Å². The predicted molar refractivity (Wildman–Crippen MR) is 103 cm³/mol. The number of anilines is 1. The van der Waals surface area contributed by atoms with E-state index in [0.717, 1.165) is 9.64 Å². The van der Waals surface area contributed by atoms with E-state index < -0.39 is 5.95 Å². The van der Waals surface area contributed by atoms with Gasteiger partial charge in [0.25, 0.3) is 5.91 Å². The minimum absolute atomic E-state index is 0.324. The molecule has 0 radical (unpaired) electrons. The summed E-state index contributed by atoms with van der Waals surface area (Å²) in [6.45, 7) is 1.59. The number of carbonyl (C=O) groups is 1. The molecule has 1 aromatic heterocycles. The summed E-state index contributed by atoms with van der Waals surface area (Å²) in [4.78, 5) is 16.0. The fraction of sp³-hybridized carbons (Fsp3) is 0.0526. The lowest BCUT2D eigenvalue weighted by Gasteiger charge is -2.10. The minimum atomic E-state index is -0.609. The number of halogens is 2. The number of ether oxygens (including phenoxy) is 1. The van der Waals surface area contributed by atoms with Crippen molar-refractivity contribution >= 4 is 34.2 Å². The van der Waals surface area contributed by atoms with Gasteiger partial charge in [0.15, 0.2) is 0 Å². The van der Waals surface area contributed by atoms with Gasteiger partial charge < -0.3 is 10.1 Å². The summed E-state index contributed by atoms with van der Waals surface area (Å²) in [5, 5.41) is 2.77. The highest BCUT2D eigenvalue weighted by atomic mass is 127. The second-order valence-electron chi connectivity index (χ2n) is 5.30. The standard InChI is InChI=1S/C19H14FIN2O2/c1-12-17(9-10-18(20)22-12)19(24)23-14-3-2-4-16(11-14)25-15-7-5-13(21)6-8-15/h2-11H,1H3,(H,23,24). The average Bonchev–Trinajstić information content (AvgIpc) is 2.57. The Kier molecular flexibility index (Phi) is 5.28. The summed E-state index contributed by atoms with van der Waals surface area (Å²) >= 11 is 2.22. The number of rotatable bonds is 4. The van der Waals surface area contributed by atoms with Crippen molar-refractivity contribution in [3.05, 3.63) is 81.4 Å². The van der Waals surface area contributed by atoms with Gasteiger partial charge in [-0.15, -0.1) is 0 Å². The molecule has 0 atom stereocenters. The van der Waals surface area contributed by atoms with Crippen LogP contribution in [0.4, 0.5) is 10.1 Å². The SMILES string of the molecule is Cc1nc(F)ccc1C(=O)Nc1cccc(Oc2ccc(I)cc2)c1. The van der Waals surface area contributed by atoms with E-state index in [2.05, 4.69) is 32.9 Å². The third-order valence-electron chi connectivity index (χ3n) is 3.44. The van der Waals surface area contributed by atoms with Gasteiger partial charge >= 0.3 is 0 Å². The quantitative estimate of drug-likeness (QED) is 0.442. The fourth-order valence-electron chi connectivity index (χ4n) is 2.24. The van der Waals surface area contributed by atoms with Crippen LogP contribution in [0.25, 0.3) is 0 Å². The third-order valence-corrected chi connectivity index (χ3v) is 4.16. The first-order valence-corrected chi connectivity index (χ1v) is 8.57. The molecule has 0 bridgehead atoms. The highest BCUT2D eigenvalue weighted by molar-refractivity contribution is 14.1. The molecular weight excluding hydrogens is 434 g/mol. The zero-order chi connectivity index (χ0) is 17.8. The topological polar surface area (TPSA) is 51.2 Å². The minimum Gasteiger partial charge on any atom is -0.457 e. The summed E-state index contributed by atoms with van der Waals surface area (Å²) in [7, 11) is 0. The van der Waals surface area contributed by atoms with Gasteiger partial charge in [-0.2, -0.15) is 4.39 Å². The summed E-state index contributed by atoms with van der Waals surface area (Å²) in [5.41, 5.74) is 1.24. The Labute approximate surface area is 158 Å². The molecule has 0 saturated carbocycles. The molecule has 0 saturated heterocycles. The summed E-state index contributed by atoms with van der Waals surface area (Å²) in [6.07, 6.45) is 0. The molecule has 25 heavy (non-hydrogen) atoms. The molecule has 4 nitrogen and oxygen atoms in total. The molecular formula is C19H14FIN2O2. The summed E-state index contributed by atoms with van der Waals surface area (Å²) in [6, 6.07) is 17.3. The van der Waals surface area contributed by atoms with Crippen molar-refractivity contribution in [2.75, 3.05) is 5.32 Å². The van der Waals surface area contributed by atoms with E-state index in [1.54, 1.807) is 31.2 Å². The maximum Gasteiger partial charge on any atom is 0.257 e. The van der Waals surface area contributed by atoms with Crippen LogP contribution in [0.15, 0.2) is 60.7 Å². The number of hydrogen-bond acceptors (Lipinski definition) is 3. The van der Waals surface area contributed by atoms with Crippen LogP contribution in [0, 0.1) is 16.4 Å². The van der Waals surface area contributed by atoms with E-state index in [1.165, 1.54) is 6.07 Å². The number of nitrogens with one attached hydrogen (secondary N) is 1. The molecule has 0 fully saturated rings. The highest BCUT2D eigenvalue weighted by Crippen LogP contribution is 2.25. The Morgan fingerprint density at radius 1 is 1.08 bits per heavy atom. The zero-order valence-corrected chi connectivity index (χ0v) is 15.5. The van der Waals surface area contributed by atoms with Gasteiger partial charge in [0, 0.05) is 15.3 Å². The molecule has 0 spiro atoms. The maximum atomic E-state index is 13.1. The van der Waals surface area contributed by atoms with Gasteiger partial charge in [-0.05, 0) is 78.0 Å². The third kappa shape index (κ3) is 4.54. The molecule has 126 valence electrons. The molecule has 0 aliphatic carbocycles. The van der Waals surface area contributed by atoms with E-state index in [-0.39, 0.29) is 5.91 Å². The van der Waals surface area contributed by atoms with Gasteiger partial charge in [-0.3, -0.25) is 4.79 Å². The van der Waals surface area contributed by atoms with Crippen LogP contribution < -0.4 is 10.1 Å². The number of aromatic nitrogens is 1. The fourth-order valence-corrected chi connectivity index (χ4v) is 2.60. The Hall–Kier alpha value is -2.48. The number of nitrogens with zero attached hydrogens (tertiary/aromatic N) is 1. The highest BCUT2D eigenvalue weighted by Gasteiger charge is 2.11. The van der Waals surface area contributed by atoms with Crippen molar-refractivity contribution < 1.29 is 13.9 Å². The largest absolute Gasteiger partial charge is 0.457 e. The molecule has 0 unspecified atom stereocenters. The molecule has 1 amide bonds. The molecule has 3 rings (SSSR count). The number of hydrogen-bond donors (Lipinski definition) is 1. The van der Waals surface area contributed by atoms with Gasteiger partial charge in [0.2, 0.25) is 5.95 Å². The number of amides is 1. The number of aryl methyl sites for hydroxylation is 1. The Bertz CT molecular complexity index is 914. The molecule has 6 heteroatoms. The number of pyridine rings is 1. The molecule has 1 heterocycles. The van der Waals surface area contributed by atoms with E-state index in [1.807, 2.05) is 24.3 Å². The van der Waals surface area contributed by atoms with Gasteiger partial charge in [-0.1, -0.05) is 6.07 Å². The first-order chi connectivity index (χ1) is 12.0. The predicted octanol–water partition coefficient (Wildman–Crippen LogP) is 5.18. The average molecular weight is 448 g/mol. The molecule has 1 N–H and O–H groups in total. The van der Waals surface area contributed by atoms with Crippen LogP contribution in [0.5, 0.6) is 11.5 Å². The van der Waals surface area contributed by atoms with Gasteiger partial charge in [0.1, 0.15) is 11.5 Å². The van der Waals surface area contributed by atoms with Crippen molar-refractivity contribution in [2.45, 2.75) is 6.92 Å². The van der Waals surface area contributed by atoms with Crippen molar-refractivity contribution in [3.8, 4) is 11.5 Å². The second-order valence-corrected chi connectivity index (χ2v) is 6.55. The van der Waals surface area contributed by atoms with Crippen molar-refractivity contribution in [1.82, 2.24) is 4.98 Å². The lowest BCUT2D eigenvalue weighted by atomic mass is 10.2. The Morgan fingerprint density at radius 2 is 1.84 bits per heavy atom. The van der Waals surface area contributed by atoms with Crippen molar-refractivity contribution in [3.63, 3.8) is 0 Å². The smallest absolute Gasteiger partial charge is 0.257 e. The number of benzene rings is 2. The Morgan fingerprint density at radius 3 is 2.56 bits per heavy atom. The van der Waals surface area contributed by atoms with E-state index in [9.17, 15) is 9.18 Å². The second kappa shape index (κ2) is 7.60. The summed E-state index contributed by atoms with van der Waals surface area (Å²) < 4.78 is 20.0. The van der Waals surface area contributed by atoms with E-state index in [4.69, 9.17) is 4.74 Å². The zero-order valence-electron chi connectivity index (χ0n) is 13.3. The monoisotopic (exact) mass is 448 g/mol. The van der Waals surface area contributed by atoms with Crippen LogP contribution in [-0.4, -0.2) is 10.9 Å². The van der Waals surface area contributed by atoms with Crippen LogP contribution >= 0.6 is 22.6 Å². The van der Waals surface area contributed by atoms with E-state index in [0.29, 0.717) is 28.4 Å². The Balaban J connectivity index is 1.75. The molecule has 0 aliphatic rings. The van der Waals surface area contributed by atoms with Crippen LogP contribution in [0.1, 0.15) is 16.1 Å². The molecule has 3 aromatic rings. The van der Waals surface area contributed by atoms with Crippen LogP contribution in [0.2, 0.25) is 0 Å². The maximum absolute atomic E-state index is 13.1. The first kappa shape index (κ1) is 17.3. The molecule has 0 aliphatic heterocycles. The van der Waals surface area contributed by atoms with Crippen molar-refractivity contribution in [2.24, 2.45) is 0 Å². The number of carbonyl (C=O) groups excluding carboxylic acids is 1. The lowest BCUT2D eigenvalue weighted by molar-refractivity contribution is 0.102. The lowest BCUT2D eigenvalue weighted by Crippen LogP contribution is -2.14. The van der Waals surface area contributed by atoms with Gasteiger partial charge in [0.05, 0.1) is 11.3 Å². The van der Waals surface area contributed by atoms with Crippen LogP contribution in [-0.2, 0) is 0 Å². The molecule has 2 aromatic carbocycles. The first-order valence-electron chi connectivity index (χ1n) is 7.49.